The monoisotopic (exact) mass is 373 g/mol. The Bertz CT molecular complexity index is 1090. The Hall–Kier alpha value is -2.87. The van der Waals surface area contributed by atoms with Crippen molar-refractivity contribution in [3.05, 3.63) is 63.8 Å². The molecule has 26 heavy (non-hydrogen) atoms. The Labute approximate surface area is 151 Å². The Kier molecular flexibility index (Phi) is 4.69. The van der Waals surface area contributed by atoms with Crippen molar-refractivity contribution in [3.63, 3.8) is 0 Å². The SMILES string of the molecule is Cc1cccc2c(CCNc3ccc([N+](=O)[O-])c(S(C)(=O)=O)c3)c[nH]c12. The zero-order valence-electron chi connectivity index (χ0n) is 14.4. The zero-order valence-corrected chi connectivity index (χ0v) is 15.3. The Morgan fingerprint density at radius 1 is 1.23 bits per heavy atom. The minimum Gasteiger partial charge on any atom is -0.385 e. The largest absolute Gasteiger partial charge is 0.385 e. The number of hydrogen-bond acceptors (Lipinski definition) is 5. The summed E-state index contributed by atoms with van der Waals surface area (Å²) in [4.78, 5) is 13.3. The second kappa shape index (κ2) is 6.80. The minimum absolute atomic E-state index is 0.282. The highest BCUT2D eigenvalue weighted by Crippen LogP contribution is 2.27. The molecule has 0 aliphatic heterocycles. The summed E-state index contributed by atoms with van der Waals surface area (Å²) in [6.45, 7) is 2.62. The average Bonchev–Trinajstić information content (AvgIpc) is 2.98. The van der Waals surface area contributed by atoms with Crippen LogP contribution in [0.3, 0.4) is 0 Å². The van der Waals surface area contributed by atoms with Crippen molar-refractivity contribution in [1.82, 2.24) is 4.98 Å². The van der Waals surface area contributed by atoms with Gasteiger partial charge in [0.15, 0.2) is 9.84 Å². The van der Waals surface area contributed by atoms with Crippen molar-refractivity contribution in [2.45, 2.75) is 18.2 Å². The molecule has 1 heterocycles. The van der Waals surface area contributed by atoms with Gasteiger partial charge in [0.2, 0.25) is 0 Å². The van der Waals surface area contributed by atoms with Crippen LogP contribution in [0.5, 0.6) is 0 Å². The molecule has 0 aliphatic rings. The second-order valence-corrected chi connectivity index (χ2v) is 8.18. The fourth-order valence-electron chi connectivity index (χ4n) is 2.98. The van der Waals surface area contributed by atoms with Gasteiger partial charge in [-0.15, -0.1) is 0 Å². The van der Waals surface area contributed by atoms with Crippen LogP contribution in [-0.2, 0) is 16.3 Å². The predicted molar refractivity (Wildman–Crippen MR) is 101 cm³/mol. The van der Waals surface area contributed by atoms with Gasteiger partial charge in [0.1, 0.15) is 4.90 Å². The first-order valence-electron chi connectivity index (χ1n) is 8.05. The molecule has 0 aliphatic carbocycles. The van der Waals surface area contributed by atoms with Crippen LogP contribution >= 0.6 is 0 Å². The van der Waals surface area contributed by atoms with E-state index in [2.05, 4.69) is 16.4 Å². The third-order valence-corrected chi connectivity index (χ3v) is 5.41. The summed E-state index contributed by atoms with van der Waals surface area (Å²) in [6.07, 6.45) is 3.67. The maximum Gasteiger partial charge on any atom is 0.288 e. The summed E-state index contributed by atoms with van der Waals surface area (Å²) in [5, 5.41) is 15.3. The van der Waals surface area contributed by atoms with E-state index in [1.807, 2.05) is 25.3 Å². The number of rotatable bonds is 6. The number of H-pyrrole nitrogens is 1. The average molecular weight is 373 g/mol. The van der Waals surface area contributed by atoms with E-state index in [1.165, 1.54) is 23.8 Å². The summed E-state index contributed by atoms with van der Waals surface area (Å²) in [7, 11) is -3.69. The molecule has 1 aromatic heterocycles. The number of nitrogens with zero attached hydrogens (tertiary/aromatic N) is 1. The number of aromatic amines is 1. The summed E-state index contributed by atoms with van der Waals surface area (Å²) >= 11 is 0. The summed E-state index contributed by atoms with van der Waals surface area (Å²) < 4.78 is 23.6. The fraction of sp³-hybridized carbons (Fsp3) is 0.222. The highest BCUT2D eigenvalue weighted by Gasteiger charge is 2.22. The normalized spacial score (nSPS) is 11.6. The lowest BCUT2D eigenvalue weighted by atomic mass is 10.1. The number of nitro groups is 1. The van der Waals surface area contributed by atoms with E-state index in [9.17, 15) is 18.5 Å². The molecule has 0 radical (unpaired) electrons. The third kappa shape index (κ3) is 3.55. The Morgan fingerprint density at radius 3 is 2.69 bits per heavy atom. The molecule has 136 valence electrons. The minimum atomic E-state index is -3.69. The van der Waals surface area contributed by atoms with Gasteiger partial charge < -0.3 is 10.3 Å². The number of fused-ring (bicyclic) bond motifs is 1. The first-order chi connectivity index (χ1) is 12.3. The van der Waals surface area contributed by atoms with Gasteiger partial charge in [0.25, 0.3) is 5.69 Å². The molecule has 7 nitrogen and oxygen atoms in total. The molecular weight excluding hydrogens is 354 g/mol. The van der Waals surface area contributed by atoms with E-state index >= 15 is 0 Å². The van der Waals surface area contributed by atoms with Gasteiger partial charge in [-0.2, -0.15) is 0 Å². The van der Waals surface area contributed by atoms with Gasteiger partial charge in [-0.1, -0.05) is 18.2 Å². The number of nitrogens with one attached hydrogen (secondary N) is 2. The molecule has 0 unspecified atom stereocenters. The number of anilines is 1. The van der Waals surface area contributed by atoms with Crippen LogP contribution < -0.4 is 5.32 Å². The topological polar surface area (TPSA) is 105 Å². The lowest BCUT2D eigenvalue weighted by Crippen LogP contribution is -2.07. The lowest BCUT2D eigenvalue weighted by molar-refractivity contribution is -0.387. The highest BCUT2D eigenvalue weighted by atomic mass is 32.2. The van der Waals surface area contributed by atoms with Crippen molar-refractivity contribution >= 4 is 32.1 Å². The van der Waals surface area contributed by atoms with E-state index in [0.717, 1.165) is 29.1 Å². The zero-order chi connectivity index (χ0) is 18.9. The maximum atomic E-state index is 11.8. The number of aryl methyl sites for hydroxylation is 1. The molecule has 2 aromatic carbocycles. The lowest BCUT2D eigenvalue weighted by Gasteiger charge is -2.08. The van der Waals surface area contributed by atoms with E-state index < -0.39 is 20.4 Å². The molecule has 0 spiro atoms. The third-order valence-electron chi connectivity index (χ3n) is 4.29. The van der Waals surface area contributed by atoms with Gasteiger partial charge >= 0.3 is 0 Å². The van der Waals surface area contributed by atoms with Gasteiger partial charge in [-0.05, 0) is 36.6 Å². The van der Waals surface area contributed by atoms with Gasteiger partial charge in [-0.3, -0.25) is 10.1 Å². The van der Waals surface area contributed by atoms with Crippen LogP contribution in [0.25, 0.3) is 10.9 Å². The molecule has 0 saturated heterocycles. The number of aromatic nitrogens is 1. The Morgan fingerprint density at radius 2 is 2.00 bits per heavy atom. The van der Waals surface area contributed by atoms with E-state index in [-0.39, 0.29) is 4.90 Å². The second-order valence-electron chi connectivity index (χ2n) is 6.20. The van der Waals surface area contributed by atoms with Crippen LogP contribution in [0, 0.1) is 17.0 Å². The summed E-state index contributed by atoms with van der Waals surface area (Å²) in [5.41, 5.74) is 3.56. The molecule has 0 saturated carbocycles. The number of para-hydroxylation sites is 1. The number of nitro benzene ring substituents is 1. The van der Waals surface area contributed by atoms with E-state index in [1.54, 1.807) is 0 Å². The molecule has 0 atom stereocenters. The van der Waals surface area contributed by atoms with E-state index in [0.29, 0.717) is 12.2 Å². The summed E-state index contributed by atoms with van der Waals surface area (Å²) in [6, 6.07) is 10.2. The first-order valence-corrected chi connectivity index (χ1v) is 9.94. The number of sulfone groups is 1. The molecule has 2 N–H and O–H groups in total. The predicted octanol–water partition coefficient (Wildman–Crippen LogP) is 3.44. The van der Waals surface area contributed by atoms with Crippen LogP contribution in [-0.4, -0.2) is 31.1 Å². The van der Waals surface area contributed by atoms with Crippen molar-refractivity contribution in [2.24, 2.45) is 0 Å². The van der Waals surface area contributed by atoms with Gasteiger partial charge in [0, 0.05) is 41.7 Å². The molecule has 0 fully saturated rings. The van der Waals surface area contributed by atoms with Crippen molar-refractivity contribution in [1.29, 1.82) is 0 Å². The van der Waals surface area contributed by atoms with Crippen LogP contribution in [0.2, 0.25) is 0 Å². The maximum absolute atomic E-state index is 11.8. The van der Waals surface area contributed by atoms with Crippen molar-refractivity contribution < 1.29 is 13.3 Å². The van der Waals surface area contributed by atoms with E-state index in [4.69, 9.17) is 0 Å². The molecule has 0 amide bonds. The van der Waals surface area contributed by atoms with Gasteiger partial charge in [-0.25, -0.2) is 8.42 Å². The first kappa shape index (κ1) is 17.9. The molecule has 0 bridgehead atoms. The smallest absolute Gasteiger partial charge is 0.288 e. The molecule has 3 aromatic rings. The van der Waals surface area contributed by atoms with Gasteiger partial charge in [0.05, 0.1) is 4.92 Å². The summed E-state index contributed by atoms with van der Waals surface area (Å²) in [5.74, 6) is 0. The van der Waals surface area contributed by atoms with Crippen LogP contribution in [0.1, 0.15) is 11.1 Å². The van der Waals surface area contributed by atoms with Crippen molar-refractivity contribution in [3.8, 4) is 0 Å². The number of benzene rings is 2. The molecule has 8 heteroatoms. The Balaban J connectivity index is 1.77. The van der Waals surface area contributed by atoms with Crippen LogP contribution in [0.15, 0.2) is 47.5 Å². The highest BCUT2D eigenvalue weighted by molar-refractivity contribution is 7.90. The quantitative estimate of drug-likeness (QED) is 0.509. The molecular formula is C18H19N3O4S. The van der Waals surface area contributed by atoms with Crippen LogP contribution in [0.4, 0.5) is 11.4 Å². The standard InChI is InChI=1S/C18H19N3O4S/c1-12-4-3-5-15-13(11-20-18(12)15)8-9-19-14-6-7-16(21(22)23)17(10-14)26(2,24)25/h3-7,10-11,19-20H,8-9H2,1-2H3. The van der Waals surface area contributed by atoms with Crippen molar-refractivity contribution in [2.75, 3.05) is 18.1 Å². The number of hydrogen-bond donors (Lipinski definition) is 2. The fourth-order valence-corrected chi connectivity index (χ4v) is 3.85. The molecule has 3 rings (SSSR count).